The number of H-pyrrole nitrogens is 1. The highest BCUT2D eigenvalue weighted by Gasteiger charge is 2.21. The van der Waals surface area contributed by atoms with Crippen LogP contribution in [0.15, 0.2) is 12.5 Å². The average molecular weight is 299 g/mol. The van der Waals surface area contributed by atoms with Crippen LogP contribution in [0.4, 0.5) is 0 Å². The molecule has 0 aliphatic heterocycles. The van der Waals surface area contributed by atoms with E-state index in [2.05, 4.69) is 15.3 Å². The fourth-order valence-corrected chi connectivity index (χ4v) is 2.26. The lowest BCUT2D eigenvalue weighted by atomic mass is 10.1. The second kappa shape index (κ2) is 9.51. The molecule has 1 rings (SSSR count). The Morgan fingerprint density at radius 3 is 2.80 bits per heavy atom. The van der Waals surface area contributed by atoms with Gasteiger partial charge in [0, 0.05) is 37.0 Å². The molecule has 1 atom stereocenters. The smallest absolute Gasteiger partial charge is 0.220 e. The summed E-state index contributed by atoms with van der Waals surface area (Å²) in [5.41, 5.74) is 11.6. The van der Waals surface area contributed by atoms with Crippen LogP contribution in [0.1, 0.15) is 18.5 Å². The van der Waals surface area contributed by atoms with Gasteiger partial charge in [-0.05, 0) is 13.0 Å². The zero-order chi connectivity index (χ0) is 14.8. The molecule has 0 aliphatic carbocycles. The van der Waals surface area contributed by atoms with Crippen molar-refractivity contribution in [3.8, 4) is 0 Å². The van der Waals surface area contributed by atoms with Crippen molar-refractivity contribution in [2.45, 2.75) is 25.3 Å². The topological polar surface area (TPSA) is 127 Å². The number of rotatable bonds is 9. The fraction of sp³-hybridized carbons (Fsp3) is 0.583. The van der Waals surface area contributed by atoms with Crippen LogP contribution >= 0.6 is 11.8 Å². The highest BCUT2D eigenvalue weighted by Crippen LogP contribution is 2.09. The Hall–Kier alpha value is -1.38. The number of hydrogen-bond acceptors (Lipinski definition) is 6. The minimum Gasteiger partial charge on any atom is -0.348 e. The van der Waals surface area contributed by atoms with Crippen LogP contribution in [0.25, 0.3) is 0 Å². The van der Waals surface area contributed by atoms with E-state index in [0.29, 0.717) is 38.1 Å². The van der Waals surface area contributed by atoms with Gasteiger partial charge in [0.25, 0.3) is 0 Å². The number of aromatic nitrogens is 2. The molecule has 8 heteroatoms. The van der Waals surface area contributed by atoms with Crippen molar-refractivity contribution in [3.05, 3.63) is 18.2 Å². The third-order valence-corrected chi connectivity index (χ3v) is 3.58. The summed E-state index contributed by atoms with van der Waals surface area (Å²) in [6.45, 7) is 0.878. The zero-order valence-electron chi connectivity index (χ0n) is 11.3. The molecule has 20 heavy (non-hydrogen) atoms. The quantitative estimate of drug-likeness (QED) is 0.482. The normalized spacial score (nSPS) is 12.1. The van der Waals surface area contributed by atoms with E-state index < -0.39 is 6.04 Å². The Morgan fingerprint density at radius 1 is 1.40 bits per heavy atom. The van der Waals surface area contributed by atoms with Crippen LogP contribution in [0.2, 0.25) is 0 Å². The van der Waals surface area contributed by atoms with Gasteiger partial charge in [-0.3, -0.25) is 9.59 Å². The maximum absolute atomic E-state index is 12.1. The lowest BCUT2D eigenvalue weighted by molar-refractivity contribution is -0.124. The van der Waals surface area contributed by atoms with E-state index in [1.165, 1.54) is 0 Å². The van der Waals surface area contributed by atoms with Gasteiger partial charge in [0.2, 0.25) is 11.0 Å². The largest absolute Gasteiger partial charge is 0.348 e. The van der Waals surface area contributed by atoms with Gasteiger partial charge >= 0.3 is 0 Å². The minimum absolute atomic E-state index is 0.0915. The second-order valence-corrected chi connectivity index (χ2v) is 5.35. The molecule has 0 aromatic carbocycles. The fourth-order valence-electron chi connectivity index (χ4n) is 1.60. The lowest BCUT2D eigenvalue weighted by Crippen LogP contribution is -2.41. The van der Waals surface area contributed by atoms with E-state index in [1.54, 1.807) is 12.5 Å². The molecule has 1 heterocycles. The first-order valence-corrected chi connectivity index (χ1v) is 7.49. The van der Waals surface area contributed by atoms with E-state index in [9.17, 15) is 9.59 Å². The number of thioether (sulfide) groups is 1. The molecule has 0 bridgehead atoms. The highest BCUT2D eigenvalue weighted by atomic mass is 32.2. The van der Waals surface area contributed by atoms with Crippen LogP contribution in [-0.4, -0.2) is 45.9 Å². The monoisotopic (exact) mass is 299 g/mol. The van der Waals surface area contributed by atoms with E-state index in [-0.39, 0.29) is 11.0 Å². The number of imidazole rings is 1. The Kier molecular flexibility index (Phi) is 7.93. The Bertz CT molecular complexity index is 410. The van der Waals surface area contributed by atoms with Gasteiger partial charge in [0.05, 0.1) is 6.33 Å². The molecule has 0 radical (unpaired) electrons. The van der Waals surface area contributed by atoms with Crippen molar-refractivity contribution >= 4 is 22.8 Å². The molecule has 0 saturated heterocycles. The molecule has 112 valence electrons. The first kappa shape index (κ1) is 16.7. The summed E-state index contributed by atoms with van der Waals surface area (Å²) < 4.78 is 0. The average Bonchev–Trinajstić information content (AvgIpc) is 2.94. The summed E-state index contributed by atoms with van der Waals surface area (Å²) in [4.78, 5) is 30.6. The van der Waals surface area contributed by atoms with Crippen LogP contribution in [0.5, 0.6) is 0 Å². The number of hydrogen-bond donors (Lipinski definition) is 4. The first-order chi connectivity index (χ1) is 9.67. The van der Waals surface area contributed by atoms with Gasteiger partial charge in [-0.1, -0.05) is 11.8 Å². The summed E-state index contributed by atoms with van der Waals surface area (Å²) in [5.74, 6) is 0.374. The molecule has 1 unspecified atom stereocenters. The van der Waals surface area contributed by atoms with Gasteiger partial charge in [0.1, 0.15) is 6.04 Å². The van der Waals surface area contributed by atoms with E-state index in [4.69, 9.17) is 11.5 Å². The summed E-state index contributed by atoms with van der Waals surface area (Å²) in [6.07, 6.45) is 4.50. The Labute approximate surface area is 122 Å². The van der Waals surface area contributed by atoms with Crippen molar-refractivity contribution in [1.82, 2.24) is 15.3 Å². The van der Waals surface area contributed by atoms with Crippen LogP contribution in [0.3, 0.4) is 0 Å². The molecular weight excluding hydrogens is 278 g/mol. The molecule has 1 amide bonds. The predicted octanol–water partition coefficient (Wildman–Crippen LogP) is -0.606. The highest BCUT2D eigenvalue weighted by molar-refractivity contribution is 8.13. The van der Waals surface area contributed by atoms with Gasteiger partial charge < -0.3 is 21.8 Å². The standard InChI is InChI=1S/C12H21N5O2S/c13-3-1-2-11(18)17-10(12(19)20-5-4-14)6-9-7-15-8-16-9/h7-8,10H,1-6,13-14H2,(H,15,16)(H,17,18). The van der Waals surface area contributed by atoms with E-state index >= 15 is 0 Å². The predicted molar refractivity (Wildman–Crippen MR) is 79.0 cm³/mol. The van der Waals surface area contributed by atoms with Crippen LogP contribution in [-0.2, 0) is 16.0 Å². The van der Waals surface area contributed by atoms with Crippen molar-refractivity contribution in [1.29, 1.82) is 0 Å². The molecule has 0 saturated carbocycles. The SMILES string of the molecule is NCCCC(=O)NC(Cc1cnc[nH]1)C(=O)SCCN. The van der Waals surface area contributed by atoms with Gasteiger partial charge in [-0.15, -0.1) is 0 Å². The molecule has 0 aliphatic rings. The van der Waals surface area contributed by atoms with E-state index in [0.717, 1.165) is 17.5 Å². The van der Waals surface area contributed by atoms with Gasteiger partial charge in [-0.25, -0.2) is 4.98 Å². The molecular formula is C12H21N5O2S. The zero-order valence-corrected chi connectivity index (χ0v) is 12.1. The Balaban J connectivity index is 2.58. The first-order valence-electron chi connectivity index (χ1n) is 6.50. The molecule has 0 spiro atoms. The number of nitrogens with zero attached hydrogens (tertiary/aromatic N) is 1. The second-order valence-electron chi connectivity index (χ2n) is 4.25. The third kappa shape index (κ3) is 6.18. The number of carbonyl (C=O) groups is 2. The molecule has 1 aromatic rings. The molecule has 7 nitrogen and oxygen atoms in total. The Morgan fingerprint density at radius 2 is 2.20 bits per heavy atom. The number of aromatic amines is 1. The van der Waals surface area contributed by atoms with Crippen molar-refractivity contribution in [3.63, 3.8) is 0 Å². The van der Waals surface area contributed by atoms with Gasteiger partial charge in [0.15, 0.2) is 0 Å². The maximum Gasteiger partial charge on any atom is 0.220 e. The molecule has 1 aromatic heterocycles. The van der Waals surface area contributed by atoms with Crippen molar-refractivity contribution in [2.75, 3.05) is 18.8 Å². The summed E-state index contributed by atoms with van der Waals surface area (Å²) >= 11 is 1.13. The van der Waals surface area contributed by atoms with E-state index in [1.807, 2.05) is 0 Å². The van der Waals surface area contributed by atoms with Gasteiger partial charge in [-0.2, -0.15) is 0 Å². The summed E-state index contributed by atoms with van der Waals surface area (Å²) in [6, 6.07) is -0.572. The molecule has 0 fully saturated rings. The van der Waals surface area contributed by atoms with Crippen LogP contribution in [0, 0.1) is 0 Å². The minimum atomic E-state index is -0.572. The lowest BCUT2D eigenvalue weighted by Gasteiger charge is -2.16. The third-order valence-electron chi connectivity index (χ3n) is 2.57. The summed E-state index contributed by atoms with van der Waals surface area (Å²) in [5, 5.41) is 2.65. The number of amides is 1. The number of nitrogens with two attached hydrogens (primary N) is 2. The van der Waals surface area contributed by atoms with Crippen LogP contribution < -0.4 is 16.8 Å². The number of carbonyl (C=O) groups excluding carboxylic acids is 2. The molecule has 6 N–H and O–H groups in total. The maximum atomic E-state index is 12.1. The number of nitrogens with one attached hydrogen (secondary N) is 2. The summed E-state index contributed by atoms with van der Waals surface area (Å²) in [7, 11) is 0. The van der Waals surface area contributed by atoms with Crippen molar-refractivity contribution < 1.29 is 9.59 Å². The van der Waals surface area contributed by atoms with Crippen molar-refractivity contribution in [2.24, 2.45) is 11.5 Å².